The molecule has 96 valence electrons. The van der Waals surface area contributed by atoms with Crippen molar-refractivity contribution in [3.63, 3.8) is 0 Å². The Morgan fingerprint density at radius 2 is 2.18 bits per heavy atom. The Kier molecular flexibility index (Phi) is 4.62. The number of hydrogen-bond donors (Lipinski definition) is 2. The first-order valence-electron chi connectivity index (χ1n) is 5.47. The van der Waals surface area contributed by atoms with Crippen LogP contribution in [0.2, 0.25) is 0 Å². The SMILES string of the molecule is CC(C)(CCN)CNS(=O)(=O)c1cccnc1. The molecule has 0 aliphatic heterocycles. The second-order valence-electron chi connectivity index (χ2n) is 4.72. The third kappa shape index (κ3) is 4.41. The Balaban J connectivity index is 2.69. The van der Waals surface area contributed by atoms with Crippen molar-refractivity contribution >= 4 is 10.0 Å². The number of nitrogens with zero attached hydrogens (tertiary/aromatic N) is 1. The van der Waals surface area contributed by atoms with E-state index in [1.54, 1.807) is 6.07 Å². The van der Waals surface area contributed by atoms with Crippen molar-refractivity contribution in [3.05, 3.63) is 24.5 Å². The van der Waals surface area contributed by atoms with Gasteiger partial charge < -0.3 is 5.73 Å². The number of sulfonamides is 1. The zero-order chi connectivity index (χ0) is 12.9. The summed E-state index contributed by atoms with van der Waals surface area (Å²) in [7, 11) is -3.47. The summed E-state index contributed by atoms with van der Waals surface area (Å²) in [5.41, 5.74) is 5.33. The van der Waals surface area contributed by atoms with E-state index in [0.717, 1.165) is 6.42 Å². The summed E-state index contributed by atoms with van der Waals surface area (Å²) in [6.45, 7) is 4.86. The van der Waals surface area contributed by atoms with Crippen LogP contribution >= 0.6 is 0 Å². The van der Waals surface area contributed by atoms with Crippen LogP contribution in [0.25, 0.3) is 0 Å². The molecule has 3 N–H and O–H groups in total. The zero-order valence-corrected chi connectivity index (χ0v) is 11.0. The van der Waals surface area contributed by atoms with E-state index in [1.807, 2.05) is 13.8 Å². The highest BCUT2D eigenvalue weighted by Crippen LogP contribution is 2.18. The fourth-order valence-corrected chi connectivity index (χ4v) is 2.56. The number of rotatable bonds is 6. The fourth-order valence-electron chi connectivity index (χ4n) is 1.36. The first kappa shape index (κ1) is 14.1. The number of nitrogens with two attached hydrogens (primary N) is 1. The molecule has 6 heteroatoms. The van der Waals surface area contributed by atoms with Crippen molar-refractivity contribution in [2.24, 2.45) is 11.1 Å². The van der Waals surface area contributed by atoms with Gasteiger partial charge in [0, 0.05) is 18.9 Å². The lowest BCUT2D eigenvalue weighted by Gasteiger charge is -2.23. The predicted octanol–water partition coefficient (Wildman–Crippen LogP) is 0.735. The molecule has 1 aromatic rings. The van der Waals surface area contributed by atoms with Gasteiger partial charge in [-0.3, -0.25) is 4.98 Å². The number of aromatic nitrogens is 1. The molecule has 1 aromatic heterocycles. The molecule has 0 amide bonds. The van der Waals surface area contributed by atoms with Gasteiger partial charge in [-0.1, -0.05) is 13.8 Å². The monoisotopic (exact) mass is 257 g/mol. The number of nitrogens with one attached hydrogen (secondary N) is 1. The van der Waals surface area contributed by atoms with Crippen LogP contribution in [0.5, 0.6) is 0 Å². The van der Waals surface area contributed by atoms with Crippen LogP contribution in [0.1, 0.15) is 20.3 Å². The second-order valence-corrected chi connectivity index (χ2v) is 6.48. The van der Waals surface area contributed by atoms with E-state index in [9.17, 15) is 8.42 Å². The Labute approximate surface area is 102 Å². The average Bonchev–Trinajstić information content (AvgIpc) is 2.28. The summed E-state index contributed by atoms with van der Waals surface area (Å²) >= 11 is 0. The highest BCUT2D eigenvalue weighted by atomic mass is 32.2. The van der Waals surface area contributed by atoms with Crippen molar-refractivity contribution < 1.29 is 8.42 Å². The molecule has 0 saturated heterocycles. The Bertz CT molecular complexity index is 443. The van der Waals surface area contributed by atoms with Gasteiger partial charge in [-0.2, -0.15) is 0 Å². The van der Waals surface area contributed by atoms with Crippen LogP contribution in [-0.4, -0.2) is 26.5 Å². The molecule has 0 spiro atoms. The normalized spacial score (nSPS) is 12.6. The molecule has 0 atom stereocenters. The smallest absolute Gasteiger partial charge is 0.242 e. The lowest BCUT2D eigenvalue weighted by atomic mass is 9.90. The maximum atomic E-state index is 11.9. The molecule has 0 aliphatic rings. The van der Waals surface area contributed by atoms with Crippen LogP contribution < -0.4 is 10.5 Å². The van der Waals surface area contributed by atoms with E-state index in [1.165, 1.54) is 18.5 Å². The quantitative estimate of drug-likeness (QED) is 0.787. The topological polar surface area (TPSA) is 85.1 Å². The van der Waals surface area contributed by atoms with Crippen molar-refractivity contribution in [2.45, 2.75) is 25.2 Å². The Morgan fingerprint density at radius 3 is 2.71 bits per heavy atom. The highest BCUT2D eigenvalue weighted by Gasteiger charge is 2.21. The van der Waals surface area contributed by atoms with Crippen molar-refractivity contribution in [3.8, 4) is 0 Å². The Hall–Kier alpha value is -0.980. The average molecular weight is 257 g/mol. The van der Waals surface area contributed by atoms with Gasteiger partial charge in [-0.15, -0.1) is 0 Å². The van der Waals surface area contributed by atoms with Gasteiger partial charge in [-0.25, -0.2) is 13.1 Å². The van der Waals surface area contributed by atoms with Crippen molar-refractivity contribution in [1.82, 2.24) is 9.71 Å². The van der Waals surface area contributed by atoms with Gasteiger partial charge in [0.25, 0.3) is 0 Å². The third-order valence-corrected chi connectivity index (χ3v) is 3.89. The van der Waals surface area contributed by atoms with Crippen molar-refractivity contribution in [2.75, 3.05) is 13.1 Å². The standard InChI is InChI=1S/C11H19N3O2S/c1-11(2,5-6-12)9-14-17(15,16)10-4-3-7-13-8-10/h3-4,7-8,14H,5-6,9,12H2,1-2H3. The minimum atomic E-state index is -3.47. The summed E-state index contributed by atoms with van der Waals surface area (Å²) in [5, 5.41) is 0. The molecule has 1 heterocycles. The molecule has 1 rings (SSSR count). The van der Waals surface area contributed by atoms with Gasteiger partial charge in [0.2, 0.25) is 10.0 Å². The first-order chi connectivity index (χ1) is 7.87. The molecule has 0 saturated carbocycles. The fraction of sp³-hybridized carbons (Fsp3) is 0.545. The van der Waals surface area contributed by atoms with Crippen LogP contribution in [0.3, 0.4) is 0 Å². The molecular formula is C11H19N3O2S. The second kappa shape index (κ2) is 5.57. The molecule has 0 radical (unpaired) electrons. The summed E-state index contributed by atoms with van der Waals surface area (Å²) in [5.74, 6) is 0. The molecule has 0 fully saturated rings. The minimum absolute atomic E-state index is 0.149. The van der Waals surface area contributed by atoms with Gasteiger partial charge in [0.05, 0.1) is 0 Å². The summed E-state index contributed by atoms with van der Waals surface area (Å²) in [4.78, 5) is 3.98. The maximum Gasteiger partial charge on any atom is 0.242 e. The lowest BCUT2D eigenvalue weighted by molar-refractivity contribution is 0.340. The van der Waals surface area contributed by atoms with E-state index in [0.29, 0.717) is 13.1 Å². The summed E-state index contributed by atoms with van der Waals surface area (Å²) in [6, 6.07) is 3.12. The number of hydrogen-bond acceptors (Lipinski definition) is 4. The number of pyridine rings is 1. The molecule has 17 heavy (non-hydrogen) atoms. The molecular weight excluding hydrogens is 238 g/mol. The van der Waals surface area contributed by atoms with Gasteiger partial charge >= 0.3 is 0 Å². The van der Waals surface area contributed by atoms with Crippen LogP contribution in [-0.2, 0) is 10.0 Å². The minimum Gasteiger partial charge on any atom is -0.330 e. The summed E-state index contributed by atoms with van der Waals surface area (Å²) in [6.07, 6.45) is 3.64. The maximum absolute atomic E-state index is 11.9. The van der Waals surface area contributed by atoms with E-state index in [2.05, 4.69) is 9.71 Å². The van der Waals surface area contributed by atoms with Gasteiger partial charge in [-0.05, 0) is 30.5 Å². The first-order valence-corrected chi connectivity index (χ1v) is 6.95. The van der Waals surface area contributed by atoms with Crippen molar-refractivity contribution in [1.29, 1.82) is 0 Å². The molecule has 0 bridgehead atoms. The molecule has 0 aromatic carbocycles. The van der Waals surface area contributed by atoms with E-state index in [-0.39, 0.29) is 10.3 Å². The van der Waals surface area contributed by atoms with Crippen LogP contribution in [0.15, 0.2) is 29.4 Å². The van der Waals surface area contributed by atoms with Crippen LogP contribution in [0, 0.1) is 5.41 Å². The highest BCUT2D eigenvalue weighted by molar-refractivity contribution is 7.89. The lowest BCUT2D eigenvalue weighted by Crippen LogP contribution is -2.35. The largest absolute Gasteiger partial charge is 0.330 e. The van der Waals surface area contributed by atoms with Crippen LogP contribution in [0.4, 0.5) is 0 Å². The predicted molar refractivity (Wildman–Crippen MR) is 66.9 cm³/mol. The van der Waals surface area contributed by atoms with Gasteiger partial charge in [0.1, 0.15) is 4.90 Å². The molecule has 0 unspecified atom stereocenters. The zero-order valence-electron chi connectivity index (χ0n) is 10.2. The summed E-state index contributed by atoms with van der Waals surface area (Å²) < 4.78 is 26.4. The third-order valence-electron chi connectivity index (χ3n) is 2.51. The van der Waals surface area contributed by atoms with E-state index in [4.69, 9.17) is 5.73 Å². The molecule has 5 nitrogen and oxygen atoms in total. The van der Waals surface area contributed by atoms with E-state index >= 15 is 0 Å². The van der Waals surface area contributed by atoms with E-state index < -0.39 is 10.0 Å². The molecule has 0 aliphatic carbocycles. The van der Waals surface area contributed by atoms with Gasteiger partial charge in [0.15, 0.2) is 0 Å². The Morgan fingerprint density at radius 1 is 1.47 bits per heavy atom.